The molecule has 0 bridgehead atoms. The summed E-state index contributed by atoms with van der Waals surface area (Å²) in [6.45, 7) is 7.10. The molecule has 0 aromatic carbocycles. The summed E-state index contributed by atoms with van der Waals surface area (Å²) in [7, 11) is 2.09. The highest BCUT2D eigenvalue weighted by molar-refractivity contribution is 5.76. The van der Waals surface area contributed by atoms with E-state index < -0.39 is 0 Å². The molecule has 0 spiro atoms. The van der Waals surface area contributed by atoms with Crippen LogP contribution in [0.2, 0.25) is 0 Å². The number of hydrogen-bond acceptors (Lipinski definition) is 3. The van der Waals surface area contributed by atoms with E-state index in [2.05, 4.69) is 18.9 Å². The van der Waals surface area contributed by atoms with Crippen LogP contribution in [-0.2, 0) is 9.53 Å². The van der Waals surface area contributed by atoms with Gasteiger partial charge in [0.15, 0.2) is 0 Å². The molecule has 1 amide bonds. The van der Waals surface area contributed by atoms with Gasteiger partial charge in [0.05, 0.1) is 13.0 Å². The number of carbonyl (C=O) groups excluding carboxylic acids is 1. The SMILES string of the molecule is CCCOCCC(=O)N1CCN(C)CC1. The van der Waals surface area contributed by atoms with Crippen molar-refractivity contribution in [3.05, 3.63) is 0 Å². The van der Waals surface area contributed by atoms with Crippen molar-refractivity contribution in [3.63, 3.8) is 0 Å². The zero-order chi connectivity index (χ0) is 11.1. The maximum atomic E-state index is 11.7. The minimum Gasteiger partial charge on any atom is -0.381 e. The van der Waals surface area contributed by atoms with Crippen LogP contribution in [-0.4, -0.2) is 62.1 Å². The van der Waals surface area contributed by atoms with E-state index in [0.29, 0.717) is 13.0 Å². The molecule has 1 aliphatic heterocycles. The summed E-state index contributed by atoms with van der Waals surface area (Å²) in [5.74, 6) is 0.235. The molecule has 0 aliphatic carbocycles. The Morgan fingerprint density at radius 3 is 2.47 bits per heavy atom. The third kappa shape index (κ3) is 4.62. The lowest BCUT2D eigenvalue weighted by Crippen LogP contribution is -2.47. The van der Waals surface area contributed by atoms with Crippen molar-refractivity contribution in [2.24, 2.45) is 0 Å². The van der Waals surface area contributed by atoms with Gasteiger partial charge in [-0.2, -0.15) is 0 Å². The van der Waals surface area contributed by atoms with Gasteiger partial charge in [-0.1, -0.05) is 6.92 Å². The second-order valence-corrected chi connectivity index (χ2v) is 4.05. The molecular formula is C11H22N2O2. The van der Waals surface area contributed by atoms with Crippen LogP contribution in [0.5, 0.6) is 0 Å². The normalized spacial score (nSPS) is 18.1. The average Bonchev–Trinajstić information content (AvgIpc) is 2.25. The number of hydrogen-bond donors (Lipinski definition) is 0. The van der Waals surface area contributed by atoms with Gasteiger partial charge in [0.1, 0.15) is 0 Å². The van der Waals surface area contributed by atoms with E-state index in [1.165, 1.54) is 0 Å². The van der Waals surface area contributed by atoms with Crippen molar-refractivity contribution in [2.45, 2.75) is 19.8 Å². The van der Waals surface area contributed by atoms with Crippen molar-refractivity contribution in [2.75, 3.05) is 46.4 Å². The zero-order valence-corrected chi connectivity index (χ0v) is 9.87. The lowest BCUT2D eigenvalue weighted by molar-refractivity contribution is -0.133. The first kappa shape index (κ1) is 12.5. The Morgan fingerprint density at radius 2 is 1.87 bits per heavy atom. The maximum Gasteiger partial charge on any atom is 0.224 e. The third-order valence-electron chi connectivity index (χ3n) is 2.66. The molecule has 0 radical (unpaired) electrons. The van der Waals surface area contributed by atoms with Crippen LogP contribution in [0.15, 0.2) is 0 Å². The number of amides is 1. The predicted octanol–water partition coefficient (Wildman–Crippen LogP) is 0.577. The van der Waals surface area contributed by atoms with Crippen LogP contribution < -0.4 is 0 Å². The molecule has 1 heterocycles. The number of likely N-dealkylation sites (N-methyl/N-ethyl adjacent to an activating group) is 1. The van der Waals surface area contributed by atoms with E-state index in [4.69, 9.17) is 4.74 Å². The van der Waals surface area contributed by atoms with Crippen LogP contribution in [0, 0.1) is 0 Å². The van der Waals surface area contributed by atoms with Gasteiger partial charge in [0, 0.05) is 32.8 Å². The Labute approximate surface area is 92.2 Å². The molecule has 0 aromatic rings. The fraction of sp³-hybridized carbons (Fsp3) is 0.909. The van der Waals surface area contributed by atoms with Crippen molar-refractivity contribution >= 4 is 5.91 Å². The lowest BCUT2D eigenvalue weighted by atomic mass is 10.3. The zero-order valence-electron chi connectivity index (χ0n) is 9.87. The predicted molar refractivity (Wildman–Crippen MR) is 59.8 cm³/mol. The fourth-order valence-electron chi connectivity index (χ4n) is 1.62. The van der Waals surface area contributed by atoms with Gasteiger partial charge in [-0.15, -0.1) is 0 Å². The van der Waals surface area contributed by atoms with E-state index in [9.17, 15) is 4.79 Å². The molecule has 4 heteroatoms. The second kappa shape index (κ2) is 6.80. The molecule has 1 aliphatic rings. The van der Waals surface area contributed by atoms with Crippen molar-refractivity contribution in [3.8, 4) is 0 Å². The Balaban J connectivity index is 2.11. The highest BCUT2D eigenvalue weighted by Crippen LogP contribution is 2.01. The molecule has 0 atom stereocenters. The molecule has 0 aromatic heterocycles. The molecule has 1 rings (SSSR count). The van der Waals surface area contributed by atoms with Crippen molar-refractivity contribution in [1.29, 1.82) is 0 Å². The highest BCUT2D eigenvalue weighted by Gasteiger charge is 2.18. The van der Waals surface area contributed by atoms with E-state index in [0.717, 1.165) is 39.2 Å². The van der Waals surface area contributed by atoms with Gasteiger partial charge in [0.25, 0.3) is 0 Å². The van der Waals surface area contributed by atoms with Gasteiger partial charge in [0.2, 0.25) is 5.91 Å². The van der Waals surface area contributed by atoms with E-state index >= 15 is 0 Å². The quantitative estimate of drug-likeness (QED) is 0.628. The minimum absolute atomic E-state index is 0.235. The standard InChI is InChI=1S/C11H22N2O2/c1-3-9-15-10-4-11(14)13-7-5-12(2)6-8-13/h3-10H2,1-2H3. The molecular weight excluding hydrogens is 192 g/mol. The van der Waals surface area contributed by atoms with Crippen molar-refractivity contribution in [1.82, 2.24) is 9.80 Å². The average molecular weight is 214 g/mol. The van der Waals surface area contributed by atoms with Crippen LogP contribution in [0.4, 0.5) is 0 Å². The number of ether oxygens (including phenoxy) is 1. The van der Waals surface area contributed by atoms with E-state index in [1.54, 1.807) is 0 Å². The monoisotopic (exact) mass is 214 g/mol. The minimum atomic E-state index is 0.235. The maximum absolute atomic E-state index is 11.7. The number of piperazine rings is 1. The van der Waals surface area contributed by atoms with Crippen LogP contribution in [0.25, 0.3) is 0 Å². The molecule has 0 N–H and O–H groups in total. The molecule has 0 saturated carbocycles. The Bertz CT molecular complexity index is 189. The molecule has 88 valence electrons. The molecule has 15 heavy (non-hydrogen) atoms. The summed E-state index contributed by atoms with van der Waals surface area (Å²) in [6, 6.07) is 0. The van der Waals surface area contributed by atoms with Gasteiger partial charge in [-0.3, -0.25) is 4.79 Å². The first-order chi connectivity index (χ1) is 7.24. The van der Waals surface area contributed by atoms with Gasteiger partial charge in [-0.25, -0.2) is 0 Å². The van der Waals surface area contributed by atoms with Gasteiger partial charge in [-0.05, 0) is 13.5 Å². The summed E-state index contributed by atoms with van der Waals surface area (Å²) in [5, 5.41) is 0. The lowest BCUT2D eigenvalue weighted by Gasteiger charge is -2.32. The topological polar surface area (TPSA) is 32.8 Å². The first-order valence-corrected chi connectivity index (χ1v) is 5.78. The van der Waals surface area contributed by atoms with Crippen LogP contribution >= 0.6 is 0 Å². The molecule has 1 saturated heterocycles. The summed E-state index contributed by atoms with van der Waals surface area (Å²) < 4.78 is 5.31. The van der Waals surface area contributed by atoms with E-state index in [1.807, 2.05) is 4.90 Å². The van der Waals surface area contributed by atoms with Crippen LogP contribution in [0.3, 0.4) is 0 Å². The highest BCUT2D eigenvalue weighted by atomic mass is 16.5. The smallest absolute Gasteiger partial charge is 0.224 e. The van der Waals surface area contributed by atoms with Gasteiger partial charge < -0.3 is 14.5 Å². The summed E-state index contributed by atoms with van der Waals surface area (Å²) in [4.78, 5) is 15.9. The van der Waals surface area contributed by atoms with Crippen molar-refractivity contribution < 1.29 is 9.53 Å². The summed E-state index contributed by atoms with van der Waals surface area (Å²) in [6.07, 6.45) is 1.55. The number of nitrogens with zero attached hydrogens (tertiary/aromatic N) is 2. The molecule has 1 fully saturated rings. The second-order valence-electron chi connectivity index (χ2n) is 4.05. The summed E-state index contributed by atoms with van der Waals surface area (Å²) >= 11 is 0. The Kier molecular flexibility index (Phi) is 5.65. The van der Waals surface area contributed by atoms with E-state index in [-0.39, 0.29) is 5.91 Å². The van der Waals surface area contributed by atoms with Crippen LogP contribution in [0.1, 0.15) is 19.8 Å². The largest absolute Gasteiger partial charge is 0.381 e. The number of rotatable bonds is 5. The first-order valence-electron chi connectivity index (χ1n) is 5.78. The molecule has 4 nitrogen and oxygen atoms in total. The number of carbonyl (C=O) groups is 1. The van der Waals surface area contributed by atoms with Gasteiger partial charge >= 0.3 is 0 Å². The molecule has 0 unspecified atom stereocenters. The summed E-state index contributed by atoms with van der Waals surface area (Å²) in [5.41, 5.74) is 0. The third-order valence-corrected chi connectivity index (χ3v) is 2.66. The Hall–Kier alpha value is -0.610. The fourth-order valence-corrected chi connectivity index (χ4v) is 1.62. The Morgan fingerprint density at radius 1 is 1.20 bits per heavy atom.